The molecule has 2 aliphatic rings. The van der Waals surface area contributed by atoms with Gasteiger partial charge in [-0.3, -0.25) is 0 Å². The van der Waals surface area contributed by atoms with Crippen molar-refractivity contribution in [1.82, 2.24) is 9.97 Å². The van der Waals surface area contributed by atoms with Crippen molar-refractivity contribution in [2.24, 2.45) is 0 Å². The molecule has 26 heavy (non-hydrogen) atoms. The van der Waals surface area contributed by atoms with E-state index in [0.717, 1.165) is 12.2 Å². The van der Waals surface area contributed by atoms with E-state index in [1.807, 2.05) is 52.0 Å². The standard InChI is InChI=1S/C18H22N2O4.C2H6/c1-3-5-14(6-4-7-21-12-17-13(2)24-17)18-19-8-15(9-20-18)22-10-16-11-23-16;1-2/h3-9,13,16-17H,10-12H2,1-2H3;1-2H3/b5-3-,7-4+,14-6+;. The van der Waals surface area contributed by atoms with Crippen molar-refractivity contribution in [1.29, 1.82) is 0 Å². The van der Waals surface area contributed by atoms with Gasteiger partial charge < -0.3 is 18.9 Å². The number of aromatic nitrogens is 2. The van der Waals surface area contributed by atoms with Crippen LogP contribution in [-0.2, 0) is 14.2 Å². The normalized spacial score (nSPS) is 24.3. The summed E-state index contributed by atoms with van der Waals surface area (Å²) >= 11 is 0. The average Bonchev–Trinajstić information content (AvgIpc) is 3.60. The predicted octanol–water partition coefficient (Wildman–Crippen LogP) is 3.56. The maximum atomic E-state index is 5.54. The van der Waals surface area contributed by atoms with Crippen LogP contribution in [0.1, 0.15) is 33.5 Å². The SMILES string of the molecule is CC.C\C=C/C(=C\C=C\OCC1OC1C)c1ncc(OCC2CO2)cn1. The van der Waals surface area contributed by atoms with Gasteiger partial charge in [0.05, 0.1) is 31.4 Å². The van der Waals surface area contributed by atoms with Gasteiger partial charge in [0.2, 0.25) is 0 Å². The van der Waals surface area contributed by atoms with Gasteiger partial charge in [0, 0.05) is 5.57 Å². The Hall–Kier alpha value is -2.18. The molecule has 0 aromatic carbocycles. The number of ether oxygens (including phenoxy) is 4. The third kappa shape index (κ3) is 6.98. The van der Waals surface area contributed by atoms with Gasteiger partial charge in [-0.15, -0.1) is 0 Å². The molecule has 6 nitrogen and oxygen atoms in total. The molecule has 0 spiro atoms. The van der Waals surface area contributed by atoms with Crippen LogP contribution in [0.15, 0.2) is 43.0 Å². The summed E-state index contributed by atoms with van der Waals surface area (Å²) < 4.78 is 21.3. The molecule has 2 fully saturated rings. The van der Waals surface area contributed by atoms with Gasteiger partial charge >= 0.3 is 0 Å². The first kappa shape index (κ1) is 20.1. The van der Waals surface area contributed by atoms with Gasteiger partial charge in [-0.1, -0.05) is 26.0 Å². The molecule has 2 saturated heterocycles. The largest absolute Gasteiger partial charge is 0.498 e. The maximum absolute atomic E-state index is 5.54. The molecule has 0 bridgehead atoms. The van der Waals surface area contributed by atoms with E-state index in [-0.39, 0.29) is 12.2 Å². The van der Waals surface area contributed by atoms with Crippen molar-refractivity contribution in [2.45, 2.75) is 46.0 Å². The number of rotatable bonds is 9. The molecule has 3 unspecified atom stereocenters. The lowest BCUT2D eigenvalue weighted by Crippen LogP contribution is -2.05. The Kier molecular flexibility index (Phi) is 8.31. The summed E-state index contributed by atoms with van der Waals surface area (Å²) in [5.74, 6) is 1.28. The molecular weight excluding hydrogens is 332 g/mol. The fourth-order valence-electron chi connectivity index (χ4n) is 2.03. The molecule has 0 amide bonds. The maximum Gasteiger partial charge on any atom is 0.159 e. The molecule has 0 saturated carbocycles. The second-order valence-electron chi connectivity index (χ2n) is 5.67. The highest BCUT2D eigenvalue weighted by Gasteiger charge is 2.34. The second kappa shape index (κ2) is 10.7. The van der Waals surface area contributed by atoms with Gasteiger partial charge in [-0.05, 0) is 26.0 Å². The molecule has 1 aromatic rings. The number of epoxide rings is 2. The molecule has 6 heteroatoms. The zero-order valence-electron chi connectivity index (χ0n) is 15.9. The number of allylic oxidation sites excluding steroid dienone is 5. The van der Waals surface area contributed by atoms with Gasteiger partial charge in [0.15, 0.2) is 11.6 Å². The first-order valence-electron chi connectivity index (χ1n) is 9.09. The Bertz CT molecular complexity index is 621. The van der Waals surface area contributed by atoms with E-state index in [9.17, 15) is 0 Å². The Morgan fingerprint density at radius 3 is 2.54 bits per heavy atom. The third-order valence-electron chi connectivity index (χ3n) is 3.62. The Labute approximate surface area is 155 Å². The number of hydrogen-bond acceptors (Lipinski definition) is 6. The van der Waals surface area contributed by atoms with Crippen molar-refractivity contribution in [3.05, 3.63) is 48.8 Å². The molecule has 3 atom stereocenters. The van der Waals surface area contributed by atoms with Crippen molar-refractivity contribution in [3.8, 4) is 5.75 Å². The van der Waals surface area contributed by atoms with Gasteiger partial charge in [0.25, 0.3) is 0 Å². The van der Waals surface area contributed by atoms with Crippen molar-refractivity contribution in [3.63, 3.8) is 0 Å². The summed E-state index contributed by atoms with van der Waals surface area (Å²) in [6, 6.07) is 0. The van der Waals surface area contributed by atoms with Gasteiger partial charge in [-0.25, -0.2) is 9.97 Å². The van der Waals surface area contributed by atoms with Crippen molar-refractivity contribution in [2.75, 3.05) is 19.8 Å². The smallest absolute Gasteiger partial charge is 0.159 e. The molecule has 3 rings (SSSR count). The highest BCUT2D eigenvalue weighted by Crippen LogP contribution is 2.21. The fraction of sp³-hybridized carbons (Fsp3) is 0.500. The molecule has 2 aliphatic heterocycles. The van der Waals surface area contributed by atoms with Crippen LogP contribution in [-0.4, -0.2) is 48.1 Å². The van der Waals surface area contributed by atoms with Crippen LogP contribution in [0.2, 0.25) is 0 Å². The van der Waals surface area contributed by atoms with E-state index < -0.39 is 0 Å². The van der Waals surface area contributed by atoms with E-state index >= 15 is 0 Å². The molecule has 0 radical (unpaired) electrons. The third-order valence-corrected chi connectivity index (χ3v) is 3.62. The highest BCUT2D eigenvalue weighted by molar-refractivity contribution is 5.70. The van der Waals surface area contributed by atoms with Gasteiger partial charge in [0.1, 0.15) is 25.4 Å². The predicted molar refractivity (Wildman–Crippen MR) is 101 cm³/mol. The van der Waals surface area contributed by atoms with E-state index in [1.54, 1.807) is 18.7 Å². The summed E-state index contributed by atoms with van der Waals surface area (Å²) in [5.41, 5.74) is 0.894. The Morgan fingerprint density at radius 1 is 1.27 bits per heavy atom. The zero-order valence-corrected chi connectivity index (χ0v) is 15.9. The quantitative estimate of drug-likeness (QED) is 0.381. The molecular formula is C20H28N2O4. The monoisotopic (exact) mass is 360 g/mol. The van der Waals surface area contributed by atoms with Crippen LogP contribution in [0.5, 0.6) is 5.75 Å². The van der Waals surface area contributed by atoms with Crippen LogP contribution >= 0.6 is 0 Å². The molecule has 1 aromatic heterocycles. The van der Waals surface area contributed by atoms with Crippen LogP contribution < -0.4 is 4.74 Å². The molecule has 0 N–H and O–H groups in total. The average molecular weight is 360 g/mol. The Morgan fingerprint density at radius 2 is 1.96 bits per heavy atom. The summed E-state index contributed by atoms with van der Waals surface area (Å²) in [4.78, 5) is 8.70. The minimum absolute atomic E-state index is 0.220. The van der Waals surface area contributed by atoms with Crippen LogP contribution in [0.25, 0.3) is 5.57 Å². The van der Waals surface area contributed by atoms with Crippen LogP contribution in [0.4, 0.5) is 0 Å². The topological polar surface area (TPSA) is 69.3 Å². The Balaban J connectivity index is 0.00000117. The van der Waals surface area contributed by atoms with E-state index in [2.05, 4.69) is 9.97 Å². The minimum atomic E-state index is 0.220. The van der Waals surface area contributed by atoms with Crippen LogP contribution in [0.3, 0.4) is 0 Å². The van der Waals surface area contributed by atoms with E-state index in [4.69, 9.17) is 18.9 Å². The lowest BCUT2D eigenvalue weighted by atomic mass is 10.2. The number of hydrogen-bond donors (Lipinski definition) is 0. The summed E-state index contributed by atoms with van der Waals surface area (Å²) in [6.45, 7) is 9.88. The summed E-state index contributed by atoms with van der Waals surface area (Å²) in [7, 11) is 0. The summed E-state index contributed by atoms with van der Waals surface area (Å²) in [6.07, 6.45) is 13.4. The molecule has 142 valence electrons. The first-order valence-corrected chi connectivity index (χ1v) is 9.09. The lowest BCUT2D eigenvalue weighted by molar-refractivity contribution is 0.212. The fourth-order valence-corrected chi connectivity index (χ4v) is 2.03. The molecule has 3 heterocycles. The molecule has 0 aliphatic carbocycles. The van der Waals surface area contributed by atoms with Crippen molar-refractivity contribution >= 4 is 5.57 Å². The van der Waals surface area contributed by atoms with Gasteiger partial charge in [-0.2, -0.15) is 0 Å². The van der Waals surface area contributed by atoms with E-state index in [0.29, 0.717) is 30.9 Å². The first-order chi connectivity index (χ1) is 12.8. The highest BCUT2D eigenvalue weighted by atomic mass is 16.6. The van der Waals surface area contributed by atoms with Crippen molar-refractivity contribution < 1.29 is 18.9 Å². The summed E-state index contributed by atoms with van der Waals surface area (Å²) in [5, 5.41) is 0. The van der Waals surface area contributed by atoms with E-state index in [1.165, 1.54) is 0 Å². The zero-order chi connectivity index (χ0) is 18.8. The second-order valence-corrected chi connectivity index (χ2v) is 5.67. The van der Waals surface area contributed by atoms with Crippen LogP contribution in [0, 0.1) is 0 Å². The lowest BCUT2D eigenvalue weighted by Gasteiger charge is -2.04. The minimum Gasteiger partial charge on any atom is -0.498 e. The number of nitrogens with zero attached hydrogens (tertiary/aromatic N) is 2.